The Morgan fingerprint density at radius 3 is 2.74 bits per heavy atom. The number of esters is 1. The number of carbonyl (C=O) groups excluding carboxylic acids is 2. The summed E-state index contributed by atoms with van der Waals surface area (Å²) in [5, 5.41) is 12.6. The third kappa shape index (κ3) is 3.52. The molecule has 1 amide bonds. The van der Waals surface area contributed by atoms with Crippen molar-refractivity contribution in [2.24, 2.45) is 5.92 Å². The van der Waals surface area contributed by atoms with E-state index in [-0.39, 0.29) is 58.7 Å². The molecular formula is C12H11Cl2NO4. The molecule has 1 heterocycles. The molecule has 0 unspecified atom stereocenters. The van der Waals surface area contributed by atoms with Gasteiger partial charge in [0.2, 0.25) is 5.91 Å². The van der Waals surface area contributed by atoms with Gasteiger partial charge in [-0.3, -0.25) is 9.59 Å². The van der Waals surface area contributed by atoms with Gasteiger partial charge in [-0.2, -0.15) is 0 Å². The normalized spacial score (nSPS) is 18.2. The first-order chi connectivity index (χ1) is 8.95. The molecule has 7 heteroatoms. The van der Waals surface area contributed by atoms with E-state index in [9.17, 15) is 14.7 Å². The van der Waals surface area contributed by atoms with Gasteiger partial charge in [-0.15, -0.1) is 0 Å². The van der Waals surface area contributed by atoms with Gasteiger partial charge in [-0.25, -0.2) is 0 Å². The molecule has 0 bridgehead atoms. The van der Waals surface area contributed by atoms with Crippen LogP contribution in [0.3, 0.4) is 0 Å². The molecule has 2 N–H and O–H groups in total. The van der Waals surface area contributed by atoms with Crippen LogP contribution in [0.2, 0.25) is 10.0 Å². The van der Waals surface area contributed by atoms with Gasteiger partial charge in [0.1, 0.15) is 5.75 Å². The highest BCUT2D eigenvalue weighted by Crippen LogP contribution is 2.33. The molecular weight excluding hydrogens is 293 g/mol. The van der Waals surface area contributed by atoms with Crippen LogP contribution in [0.1, 0.15) is 12.8 Å². The van der Waals surface area contributed by atoms with E-state index in [1.54, 1.807) is 0 Å². The lowest BCUT2D eigenvalue weighted by molar-refractivity contribution is -0.138. The van der Waals surface area contributed by atoms with Crippen LogP contribution in [0.5, 0.6) is 5.75 Å². The Balaban J connectivity index is 1.99. The molecule has 0 aromatic heterocycles. The van der Waals surface area contributed by atoms with E-state index in [0.717, 1.165) is 0 Å². The molecule has 1 saturated heterocycles. The molecule has 1 aromatic rings. The lowest BCUT2D eigenvalue weighted by atomic mass is 10.0. The number of rotatable bonds is 3. The summed E-state index contributed by atoms with van der Waals surface area (Å²) >= 11 is 11.5. The predicted molar refractivity (Wildman–Crippen MR) is 70.4 cm³/mol. The number of hydrogen-bond donors (Lipinski definition) is 2. The second kappa shape index (κ2) is 5.67. The van der Waals surface area contributed by atoms with Gasteiger partial charge in [-0.1, -0.05) is 23.2 Å². The third-order valence-corrected chi connectivity index (χ3v) is 3.44. The van der Waals surface area contributed by atoms with Gasteiger partial charge < -0.3 is 15.2 Å². The maximum Gasteiger partial charge on any atom is 0.306 e. The number of hydrogen-bond acceptors (Lipinski definition) is 4. The van der Waals surface area contributed by atoms with E-state index in [0.29, 0.717) is 0 Å². The average Bonchev–Trinajstić information content (AvgIpc) is 2.71. The zero-order valence-electron chi connectivity index (χ0n) is 9.78. The minimum atomic E-state index is -0.322. The van der Waals surface area contributed by atoms with Crippen LogP contribution >= 0.6 is 23.2 Å². The number of carbonyl (C=O) groups is 2. The molecule has 0 aliphatic carbocycles. The van der Waals surface area contributed by atoms with Crippen molar-refractivity contribution in [3.05, 3.63) is 22.2 Å². The zero-order chi connectivity index (χ0) is 14.0. The van der Waals surface area contributed by atoms with Gasteiger partial charge in [0, 0.05) is 18.4 Å². The summed E-state index contributed by atoms with van der Waals surface area (Å²) in [4.78, 5) is 22.7. The molecule has 0 saturated carbocycles. The van der Waals surface area contributed by atoms with Crippen LogP contribution in [0.15, 0.2) is 12.1 Å². The van der Waals surface area contributed by atoms with Crippen LogP contribution in [-0.2, 0) is 14.3 Å². The van der Waals surface area contributed by atoms with Crippen molar-refractivity contribution < 1.29 is 19.4 Å². The number of anilines is 1. The minimum Gasteiger partial charge on any atom is -0.506 e. The van der Waals surface area contributed by atoms with Crippen molar-refractivity contribution in [1.82, 2.24) is 0 Å². The average molecular weight is 304 g/mol. The van der Waals surface area contributed by atoms with Crippen molar-refractivity contribution in [3.8, 4) is 5.75 Å². The topological polar surface area (TPSA) is 75.6 Å². The number of nitrogens with one attached hydrogen (secondary N) is 1. The zero-order valence-corrected chi connectivity index (χ0v) is 11.3. The number of phenolic OH excluding ortho intramolecular Hbond substituents is 1. The second-order valence-corrected chi connectivity index (χ2v) is 5.10. The molecule has 0 radical (unpaired) electrons. The Labute approximate surface area is 119 Å². The summed E-state index contributed by atoms with van der Waals surface area (Å²) in [6.07, 6.45) is 0.381. The van der Waals surface area contributed by atoms with Crippen LogP contribution in [0.4, 0.5) is 5.69 Å². The predicted octanol–water partition coefficient (Wildman–Crippen LogP) is 2.59. The molecule has 2 rings (SSSR count). The molecule has 19 heavy (non-hydrogen) atoms. The van der Waals surface area contributed by atoms with Crippen LogP contribution in [-0.4, -0.2) is 23.6 Å². The van der Waals surface area contributed by atoms with Crippen molar-refractivity contribution in [3.63, 3.8) is 0 Å². The lowest BCUT2D eigenvalue weighted by Gasteiger charge is -2.10. The quantitative estimate of drug-likeness (QED) is 0.665. The van der Waals surface area contributed by atoms with E-state index in [1.165, 1.54) is 12.1 Å². The highest BCUT2D eigenvalue weighted by Gasteiger charge is 2.26. The van der Waals surface area contributed by atoms with Crippen molar-refractivity contribution in [2.75, 3.05) is 11.9 Å². The van der Waals surface area contributed by atoms with Crippen molar-refractivity contribution >= 4 is 40.8 Å². The highest BCUT2D eigenvalue weighted by molar-refractivity contribution is 6.42. The molecule has 1 aromatic carbocycles. The number of phenols is 1. The number of cyclic esters (lactones) is 1. The molecule has 5 nitrogen and oxygen atoms in total. The summed E-state index contributed by atoms with van der Waals surface area (Å²) < 4.78 is 4.77. The fourth-order valence-electron chi connectivity index (χ4n) is 1.80. The maximum absolute atomic E-state index is 11.8. The number of benzene rings is 1. The number of halogens is 2. The third-order valence-electron chi connectivity index (χ3n) is 2.72. The Bertz CT molecular complexity index is 533. The summed E-state index contributed by atoms with van der Waals surface area (Å²) in [5.74, 6) is -0.911. The lowest BCUT2D eigenvalue weighted by Crippen LogP contribution is -2.16. The summed E-state index contributed by atoms with van der Waals surface area (Å²) in [6, 6.07) is 2.62. The van der Waals surface area contributed by atoms with E-state index in [2.05, 4.69) is 5.32 Å². The first kappa shape index (κ1) is 14.0. The monoisotopic (exact) mass is 303 g/mol. The Kier molecular flexibility index (Phi) is 4.17. The maximum atomic E-state index is 11.8. The van der Waals surface area contributed by atoms with E-state index >= 15 is 0 Å². The van der Waals surface area contributed by atoms with Crippen LogP contribution in [0.25, 0.3) is 0 Å². The van der Waals surface area contributed by atoms with Gasteiger partial charge >= 0.3 is 5.97 Å². The SMILES string of the molecule is O=C(C[C@@H]1COC(=O)C1)Nc1cc(Cl)c(Cl)cc1O. The fraction of sp³-hybridized carbons (Fsp3) is 0.333. The Morgan fingerprint density at radius 2 is 2.11 bits per heavy atom. The van der Waals surface area contributed by atoms with Gasteiger partial charge in [-0.05, 0) is 6.07 Å². The number of amides is 1. The number of ether oxygens (including phenoxy) is 1. The Morgan fingerprint density at radius 1 is 1.42 bits per heavy atom. The molecule has 1 fully saturated rings. The molecule has 1 atom stereocenters. The summed E-state index contributed by atoms with van der Waals surface area (Å²) in [5.41, 5.74) is 0.185. The van der Waals surface area contributed by atoms with Gasteiger partial charge in [0.15, 0.2) is 0 Å². The van der Waals surface area contributed by atoms with E-state index in [4.69, 9.17) is 27.9 Å². The largest absolute Gasteiger partial charge is 0.506 e. The standard InChI is InChI=1S/C12H11Cl2NO4/c13-7-3-9(10(16)4-8(7)14)15-11(17)1-6-2-12(18)19-5-6/h3-4,6,16H,1-2,5H2,(H,15,17)/t6-/m0/s1. The first-order valence-corrected chi connectivity index (χ1v) is 6.35. The first-order valence-electron chi connectivity index (χ1n) is 5.59. The molecule has 102 valence electrons. The van der Waals surface area contributed by atoms with Crippen LogP contribution < -0.4 is 5.32 Å². The van der Waals surface area contributed by atoms with Crippen LogP contribution in [0, 0.1) is 5.92 Å². The molecule has 1 aliphatic heterocycles. The number of aromatic hydroxyl groups is 1. The van der Waals surface area contributed by atoms with Gasteiger partial charge in [0.25, 0.3) is 0 Å². The Hall–Kier alpha value is -1.46. The smallest absolute Gasteiger partial charge is 0.306 e. The minimum absolute atomic E-state index is 0.127. The fourth-order valence-corrected chi connectivity index (χ4v) is 2.12. The highest BCUT2D eigenvalue weighted by atomic mass is 35.5. The molecule has 0 spiro atoms. The summed E-state index contributed by atoms with van der Waals surface area (Å²) in [6.45, 7) is 0.250. The van der Waals surface area contributed by atoms with E-state index < -0.39 is 0 Å². The van der Waals surface area contributed by atoms with Gasteiger partial charge in [0.05, 0.1) is 28.8 Å². The summed E-state index contributed by atoms with van der Waals surface area (Å²) in [7, 11) is 0. The van der Waals surface area contributed by atoms with Crippen molar-refractivity contribution in [2.45, 2.75) is 12.8 Å². The molecule has 1 aliphatic rings. The van der Waals surface area contributed by atoms with Crippen molar-refractivity contribution in [1.29, 1.82) is 0 Å². The second-order valence-electron chi connectivity index (χ2n) is 4.29. The van der Waals surface area contributed by atoms with E-state index in [1.807, 2.05) is 0 Å².